The Morgan fingerprint density at radius 2 is 1.85 bits per heavy atom. The standard InChI is InChI=1S/C18H20ClFN2O2S.ClH/c19-17-8-13(6-7-18(17)20)12-25(23,24)22-10-15(9-21)16(11-22)14-4-2-1-3-5-14;/h1-8,15-16H,9-12,21H2;1H/t15-,16+;/m1./s1. The monoisotopic (exact) mass is 418 g/mol. The number of halogens is 3. The number of hydrogen-bond donors (Lipinski definition) is 1. The second kappa shape index (κ2) is 8.67. The smallest absolute Gasteiger partial charge is 0.218 e. The maximum atomic E-state index is 13.3. The summed E-state index contributed by atoms with van der Waals surface area (Å²) in [4.78, 5) is 0. The fourth-order valence-corrected chi connectivity index (χ4v) is 5.10. The summed E-state index contributed by atoms with van der Waals surface area (Å²) in [6.07, 6.45) is 0. The van der Waals surface area contributed by atoms with E-state index in [2.05, 4.69) is 0 Å². The predicted octanol–water partition coefficient (Wildman–Crippen LogP) is 3.41. The van der Waals surface area contributed by atoms with Gasteiger partial charge in [-0.25, -0.2) is 17.1 Å². The fraction of sp³-hybridized carbons (Fsp3) is 0.333. The first-order chi connectivity index (χ1) is 11.9. The molecule has 142 valence electrons. The van der Waals surface area contributed by atoms with Crippen LogP contribution in [0.4, 0.5) is 4.39 Å². The van der Waals surface area contributed by atoms with E-state index in [-0.39, 0.29) is 35.0 Å². The third kappa shape index (κ3) is 4.56. The van der Waals surface area contributed by atoms with Crippen LogP contribution in [0.5, 0.6) is 0 Å². The summed E-state index contributed by atoms with van der Waals surface area (Å²) in [7, 11) is -3.53. The third-order valence-electron chi connectivity index (χ3n) is 4.66. The van der Waals surface area contributed by atoms with E-state index in [9.17, 15) is 12.8 Å². The summed E-state index contributed by atoms with van der Waals surface area (Å²) < 4.78 is 40.3. The Hall–Kier alpha value is -1.18. The zero-order chi connectivity index (χ0) is 18.0. The van der Waals surface area contributed by atoms with Gasteiger partial charge in [-0.05, 0) is 35.7 Å². The van der Waals surface area contributed by atoms with Crippen molar-refractivity contribution in [3.63, 3.8) is 0 Å². The van der Waals surface area contributed by atoms with Crippen LogP contribution in [0, 0.1) is 11.7 Å². The molecule has 2 aromatic rings. The van der Waals surface area contributed by atoms with Crippen LogP contribution in [0.25, 0.3) is 0 Å². The summed E-state index contributed by atoms with van der Waals surface area (Å²) in [5, 5.41) is -0.0730. The fourth-order valence-electron chi connectivity index (χ4n) is 3.31. The molecule has 1 saturated heterocycles. The third-order valence-corrected chi connectivity index (χ3v) is 6.74. The van der Waals surface area contributed by atoms with Gasteiger partial charge in [-0.2, -0.15) is 0 Å². The molecule has 8 heteroatoms. The number of nitrogens with zero attached hydrogens (tertiary/aromatic N) is 1. The minimum Gasteiger partial charge on any atom is -0.330 e. The lowest BCUT2D eigenvalue weighted by atomic mass is 9.89. The van der Waals surface area contributed by atoms with Gasteiger partial charge in [0.25, 0.3) is 0 Å². The molecule has 0 aliphatic carbocycles. The first-order valence-corrected chi connectivity index (χ1v) is 10.1. The molecule has 2 atom stereocenters. The molecule has 0 spiro atoms. The Kier molecular flexibility index (Phi) is 7.05. The number of nitrogens with two attached hydrogens (primary N) is 1. The Morgan fingerprint density at radius 3 is 2.46 bits per heavy atom. The molecule has 0 radical (unpaired) electrons. The maximum Gasteiger partial charge on any atom is 0.218 e. The van der Waals surface area contributed by atoms with Crippen molar-refractivity contribution >= 4 is 34.0 Å². The van der Waals surface area contributed by atoms with Gasteiger partial charge in [0.15, 0.2) is 0 Å². The highest BCUT2D eigenvalue weighted by Gasteiger charge is 2.38. The summed E-state index contributed by atoms with van der Waals surface area (Å²) in [5.41, 5.74) is 7.44. The van der Waals surface area contributed by atoms with Crippen LogP contribution in [0.15, 0.2) is 48.5 Å². The topological polar surface area (TPSA) is 63.4 Å². The normalized spacial score (nSPS) is 20.7. The zero-order valence-electron chi connectivity index (χ0n) is 14.0. The van der Waals surface area contributed by atoms with E-state index >= 15 is 0 Å². The van der Waals surface area contributed by atoms with Crippen LogP contribution in [-0.2, 0) is 15.8 Å². The average Bonchev–Trinajstić information content (AvgIpc) is 3.04. The van der Waals surface area contributed by atoms with E-state index in [1.807, 2.05) is 30.3 Å². The molecule has 1 heterocycles. The molecular weight excluding hydrogens is 398 g/mol. The Balaban J connectivity index is 0.00000243. The minimum absolute atomic E-state index is 0. The van der Waals surface area contributed by atoms with Gasteiger partial charge in [-0.1, -0.05) is 48.0 Å². The average molecular weight is 419 g/mol. The molecule has 0 saturated carbocycles. The van der Waals surface area contributed by atoms with E-state index in [4.69, 9.17) is 17.3 Å². The summed E-state index contributed by atoms with van der Waals surface area (Å²) in [6, 6.07) is 13.8. The quantitative estimate of drug-likeness (QED) is 0.808. The predicted molar refractivity (Wildman–Crippen MR) is 105 cm³/mol. The number of benzene rings is 2. The zero-order valence-corrected chi connectivity index (χ0v) is 16.4. The van der Waals surface area contributed by atoms with Gasteiger partial charge in [0.1, 0.15) is 5.82 Å². The first-order valence-electron chi connectivity index (χ1n) is 8.07. The van der Waals surface area contributed by atoms with Crippen molar-refractivity contribution in [3.05, 3.63) is 70.5 Å². The summed E-state index contributed by atoms with van der Waals surface area (Å²) in [6.45, 7) is 1.23. The number of rotatable bonds is 5. The molecule has 4 nitrogen and oxygen atoms in total. The van der Waals surface area contributed by atoms with Gasteiger partial charge in [-0.3, -0.25) is 0 Å². The van der Waals surface area contributed by atoms with Crippen molar-refractivity contribution in [2.24, 2.45) is 11.7 Å². The van der Waals surface area contributed by atoms with Crippen molar-refractivity contribution < 1.29 is 12.8 Å². The van der Waals surface area contributed by atoms with Gasteiger partial charge in [-0.15, -0.1) is 12.4 Å². The van der Waals surface area contributed by atoms with Gasteiger partial charge in [0, 0.05) is 19.0 Å². The molecule has 1 fully saturated rings. The minimum atomic E-state index is -3.53. The molecule has 0 amide bonds. The van der Waals surface area contributed by atoms with Crippen LogP contribution in [0.3, 0.4) is 0 Å². The van der Waals surface area contributed by atoms with Crippen LogP contribution >= 0.6 is 24.0 Å². The van der Waals surface area contributed by atoms with Gasteiger partial charge in [0.2, 0.25) is 10.0 Å². The molecular formula is C18H21Cl2FN2O2S. The van der Waals surface area contributed by atoms with Gasteiger partial charge in [0.05, 0.1) is 10.8 Å². The van der Waals surface area contributed by atoms with Crippen molar-refractivity contribution in [1.29, 1.82) is 0 Å². The lowest BCUT2D eigenvalue weighted by Gasteiger charge is -2.17. The van der Waals surface area contributed by atoms with Crippen LogP contribution in [0.2, 0.25) is 5.02 Å². The van der Waals surface area contributed by atoms with Crippen molar-refractivity contribution in [3.8, 4) is 0 Å². The van der Waals surface area contributed by atoms with E-state index in [0.717, 1.165) is 5.56 Å². The first kappa shape index (κ1) is 21.1. The van der Waals surface area contributed by atoms with Crippen LogP contribution in [0.1, 0.15) is 17.0 Å². The molecule has 2 aromatic carbocycles. The van der Waals surface area contributed by atoms with E-state index in [1.165, 1.54) is 22.5 Å². The molecule has 1 aliphatic heterocycles. The summed E-state index contributed by atoms with van der Waals surface area (Å²) in [5.74, 6) is -0.602. The largest absolute Gasteiger partial charge is 0.330 e. The van der Waals surface area contributed by atoms with E-state index < -0.39 is 15.8 Å². The van der Waals surface area contributed by atoms with E-state index in [0.29, 0.717) is 25.2 Å². The molecule has 0 bridgehead atoms. The van der Waals surface area contributed by atoms with Crippen LogP contribution < -0.4 is 5.73 Å². The maximum absolute atomic E-state index is 13.3. The highest BCUT2D eigenvalue weighted by Crippen LogP contribution is 2.34. The SMILES string of the molecule is Cl.NC[C@@H]1CN(S(=O)(=O)Cc2ccc(F)c(Cl)c2)C[C@H]1c1ccccc1. The summed E-state index contributed by atoms with van der Waals surface area (Å²) >= 11 is 5.75. The Labute approximate surface area is 164 Å². The Bertz CT molecular complexity index is 850. The highest BCUT2D eigenvalue weighted by molar-refractivity contribution is 7.88. The molecule has 0 unspecified atom stereocenters. The molecule has 3 rings (SSSR count). The molecule has 1 aliphatic rings. The second-order valence-corrected chi connectivity index (χ2v) is 8.71. The lowest BCUT2D eigenvalue weighted by molar-refractivity contribution is 0.458. The van der Waals surface area contributed by atoms with Crippen molar-refractivity contribution in [2.75, 3.05) is 19.6 Å². The van der Waals surface area contributed by atoms with E-state index in [1.54, 1.807) is 0 Å². The molecule has 0 aromatic heterocycles. The molecule has 26 heavy (non-hydrogen) atoms. The molecule has 2 N–H and O–H groups in total. The second-order valence-electron chi connectivity index (χ2n) is 6.33. The number of sulfonamides is 1. The number of hydrogen-bond acceptors (Lipinski definition) is 3. The van der Waals surface area contributed by atoms with Gasteiger partial charge >= 0.3 is 0 Å². The lowest BCUT2D eigenvalue weighted by Crippen LogP contribution is -2.31. The van der Waals surface area contributed by atoms with Crippen molar-refractivity contribution in [1.82, 2.24) is 4.31 Å². The Morgan fingerprint density at radius 1 is 1.15 bits per heavy atom. The van der Waals surface area contributed by atoms with Gasteiger partial charge < -0.3 is 5.73 Å². The van der Waals surface area contributed by atoms with Crippen LogP contribution in [-0.4, -0.2) is 32.4 Å². The highest BCUT2D eigenvalue weighted by atomic mass is 35.5. The van der Waals surface area contributed by atoms with Crippen molar-refractivity contribution in [2.45, 2.75) is 11.7 Å².